The monoisotopic (exact) mass is 283 g/mol. The third-order valence-corrected chi connectivity index (χ3v) is 3.44. The number of rotatable bonds is 4. The molecule has 90 valence electrons. The van der Waals surface area contributed by atoms with Gasteiger partial charge in [-0.2, -0.15) is 0 Å². The predicted molar refractivity (Wildman–Crippen MR) is 74.9 cm³/mol. The molecule has 1 rings (SSSR count). The maximum Gasteiger partial charge on any atom is 0.0210 e. The fraction of sp³-hybridized carbons (Fsp3) is 0.571. The second kappa shape index (κ2) is 5.83. The lowest BCUT2D eigenvalue weighted by atomic mass is 9.95. The molecule has 0 amide bonds. The molecule has 0 aliphatic rings. The summed E-state index contributed by atoms with van der Waals surface area (Å²) in [6, 6.07) is 8.51. The Hall–Kier alpha value is -0.340. The Balaban J connectivity index is 2.72. The molecule has 1 aromatic rings. The van der Waals surface area contributed by atoms with Crippen molar-refractivity contribution in [3.63, 3.8) is 0 Å². The smallest absolute Gasteiger partial charge is 0.0210 e. The Labute approximate surface area is 108 Å². The molecule has 1 nitrogen and oxygen atoms in total. The molecule has 1 atom stereocenters. The van der Waals surface area contributed by atoms with E-state index in [0.717, 1.165) is 13.0 Å². The van der Waals surface area contributed by atoms with Gasteiger partial charge in [0, 0.05) is 16.6 Å². The molecule has 0 saturated carbocycles. The maximum absolute atomic E-state index is 3.63. The van der Waals surface area contributed by atoms with Crippen LogP contribution in [0.3, 0.4) is 0 Å². The molecule has 16 heavy (non-hydrogen) atoms. The van der Waals surface area contributed by atoms with E-state index < -0.39 is 0 Å². The van der Waals surface area contributed by atoms with E-state index >= 15 is 0 Å². The van der Waals surface area contributed by atoms with Crippen LogP contribution in [-0.2, 0) is 0 Å². The average molecular weight is 284 g/mol. The van der Waals surface area contributed by atoms with Crippen molar-refractivity contribution in [2.75, 3.05) is 6.54 Å². The van der Waals surface area contributed by atoms with Gasteiger partial charge in [0.25, 0.3) is 0 Å². The molecule has 1 unspecified atom stereocenters. The summed E-state index contributed by atoms with van der Waals surface area (Å²) in [7, 11) is 0. The van der Waals surface area contributed by atoms with Crippen LogP contribution in [0.5, 0.6) is 0 Å². The van der Waals surface area contributed by atoms with Gasteiger partial charge in [-0.1, -0.05) is 41.1 Å². The summed E-state index contributed by atoms with van der Waals surface area (Å²) in [6.45, 7) is 9.90. The Kier molecular flexibility index (Phi) is 5.00. The zero-order valence-corrected chi connectivity index (χ0v) is 12.3. The first-order valence-corrected chi connectivity index (χ1v) is 6.73. The van der Waals surface area contributed by atoms with Crippen molar-refractivity contribution in [3.05, 3.63) is 34.3 Å². The molecule has 0 aromatic heterocycles. The SMILES string of the molecule is CCC(CNC(C)(C)C)c1ccccc1Br. The van der Waals surface area contributed by atoms with Crippen molar-refractivity contribution < 1.29 is 0 Å². The first-order chi connectivity index (χ1) is 7.44. The highest BCUT2D eigenvalue weighted by atomic mass is 79.9. The Bertz CT molecular complexity index is 328. The number of nitrogens with one attached hydrogen (secondary N) is 1. The first-order valence-electron chi connectivity index (χ1n) is 5.93. The first kappa shape index (κ1) is 13.7. The van der Waals surface area contributed by atoms with Crippen LogP contribution in [0.1, 0.15) is 45.6 Å². The van der Waals surface area contributed by atoms with Crippen molar-refractivity contribution in [2.24, 2.45) is 0 Å². The molecule has 0 heterocycles. The quantitative estimate of drug-likeness (QED) is 0.867. The minimum absolute atomic E-state index is 0.189. The van der Waals surface area contributed by atoms with Crippen LogP contribution in [-0.4, -0.2) is 12.1 Å². The van der Waals surface area contributed by atoms with Gasteiger partial charge >= 0.3 is 0 Å². The van der Waals surface area contributed by atoms with Gasteiger partial charge in [0.1, 0.15) is 0 Å². The van der Waals surface area contributed by atoms with Gasteiger partial charge in [-0.3, -0.25) is 0 Å². The molecule has 0 fully saturated rings. The molecule has 0 saturated heterocycles. The van der Waals surface area contributed by atoms with Crippen molar-refractivity contribution in [1.82, 2.24) is 5.32 Å². The lowest BCUT2D eigenvalue weighted by molar-refractivity contribution is 0.402. The lowest BCUT2D eigenvalue weighted by Gasteiger charge is -2.25. The second-order valence-corrected chi connectivity index (χ2v) is 6.11. The van der Waals surface area contributed by atoms with Crippen LogP contribution in [0.2, 0.25) is 0 Å². The highest BCUT2D eigenvalue weighted by Gasteiger charge is 2.15. The molecular weight excluding hydrogens is 262 g/mol. The van der Waals surface area contributed by atoms with E-state index in [0.29, 0.717) is 5.92 Å². The molecule has 0 radical (unpaired) electrons. The van der Waals surface area contributed by atoms with E-state index in [1.165, 1.54) is 10.0 Å². The molecule has 1 N–H and O–H groups in total. The molecule has 1 aromatic carbocycles. The summed E-state index contributed by atoms with van der Waals surface area (Å²) in [5.74, 6) is 0.579. The minimum atomic E-state index is 0.189. The Morgan fingerprint density at radius 2 is 1.88 bits per heavy atom. The third kappa shape index (κ3) is 4.26. The summed E-state index contributed by atoms with van der Waals surface area (Å²) in [5, 5.41) is 3.58. The molecule has 0 spiro atoms. The van der Waals surface area contributed by atoms with Crippen molar-refractivity contribution in [1.29, 1.82) is 0 Å². The number of benzene rings is 1. The van der Waals surface area contributed by atoms with Gasteiger partial charge in [0.05, 0.1) is 0 Å². The highest BCUT2D eigenvalue weighted by Crippen LogP contribution is 2.27. The van der Waals surface area contributed by atoms with Gasteiger partial charge in [-0.25, -0.2) is 0 Å². The van der Waals surface area contributed by atoms with Crippen LogP contribution in [0, 0.1) is 0 Å². The predicted octanol–water partition coefficient (Wildman–Crippen LogP) is 4.33. The fourth-order valence-electron chi connectivity index (χ4n) is 1.71. The van der Waals surface area contributed by atoms with E-state index in [9.17, 15) is 0 Å². The number of hydrogen-bond donors (Lipinski definition) is 1. The summed E-state index contributed by atoms with van der Waals surface area (Å²) in [4.78, 5) is 0. The fourth-order valence-corrected chi connectivity index (χ4v) is 2.32. The summed E-state index contributed by atoms with van der Waals surface area (Å²) in [5.41, 5.74) is 1.59. The van der Waals surface area contributed by atoms with Gasteiger partial charge in [-0.05, 0) is 44.7 Å². The third-order valence-electron chi connectivity index (χ3n) is 2.72. The summed E-state index contributed by atoms with van der Waals surface area (Å²) < 4.78 is 1.22. The standard InChI is InChI=1S/C14H22BrN/c1-5-11(10-16-14(2,3)4)12-8-6-7-9-13(12)15/h6-9,11,16H,5,10H2,1-4H3. The Morgan fingerprint density at radius 3 is 2.38 bits per heavy atom. The van der Waals surface area contributed by atoms with Gasteiger partial charge in [0.15, 0.2) is 0 Å². The molecular formula is C14H22BrN. The number of hydrogen-bond acceptors (Lipinski definition) is 1. The Morgan fingerprint density at radius 1 is 1.25 bits per heavy atom. The normalized spacial score (nSPS) is 13.8. The molecule has 0 aliphatic carbocycles. The summed E-state index contributed by atoms with van der Waals surface area (Å²) >= 11 is 3.63. The van der Waals surface area contributed by atoms with Crippen molar-refractivity contribution in [3.8, 4) is 0 Å². The van der Waals surface area contributed by atoms with E-state index in [2.05, 4.69) is 73.2 Å². The average Bonchev–Trinajstić information content (AvgIpc) is 2.20. The zero-order chi connectivity index (χ0) is 12.2. The van der Waals surface area contributed by atoms with Crippen LogP contribution >= 0.6 is 15.9 Å². The van der Waals surface area contributed by atoms with Gasteiger partial charge in [0.2, 0.25) is 0 Å². The molecule has 2 heteroatoms. The van der Waals surface area contributed by atoms with Crippen molar-refractivity contribution in [2.45, 2.75) is 45.6 Å². The lowest BCUT2D eigenvalue weighted by Crippen LogP contribution is -2.38. The second-order valence-electron chi connectivity index (χ2n) is 5.26. The van der Waals surface area contributed by atoms with Gasteiger partial charge < -0.3 is 5.32 Å². The van der Waals surface area contributed by atoms with Crippen LogP contribution in [0.15, 0.2) is 28.7 Å². The zero-order valence-electron chi connectivity index (χ0n) is 10.7. The maximum atomic E-state index is 3.63. The number of halogens is 1. The van der Waals surface area contributed by atoms with Crippen LogP contribution < -0.4 is 5.32 Å². The largest absolute Gasteiger partial charge is 0.311 e. The highest BCUT2D eigenvalue weighted by molar-refractivity contribution is 9.10. The van der Waals surface area contributed by atoms with Crippen LogP contribution in [0.25, 0.3) is 0 Å². The topological polar surface area (TPSA) is 12.0 Å². The van der Waals surface area contributed by atoms with E-state index in [-0.39, 0.29) is 5.54 Å². The van der Waals surface area contributed by atoms with Gasteiger partial charge in [-0.15, -0.1) is 0 Å². The van der Waals surface area contributed by atoms with Crippen molar-refractivity contribution >= 4 is 15.9 Å². The molecule has 0 aliphatic heterocycles. The van der Waals surface area contributed by atoms with E-state index in [1.54, 1.807) is 0 Å². The minimum Gasteiger partial charge on any atom is -0.311 e. The van der Waals surface area contributed by atoms with E-state index in [1.807, 2.05) is 0 Å². The summed E-state index contributed by atoms with van der Waals surface area (Å²) in [6.07, 6.45) is 1.16. The molecule has 0 bridgehead atoms. The van der Waals surface area contributed by atoms with E-state index in [4.69, 9.17) is 0 Å². The van der Waals surface area contributed by atoms with Crippen LogP contribution in [0.4, 0.5) is 0 Å².